The van der Waals surface area contributed by atoms with E-state index in [9.17, 15) is 9.59 Å². The molecule has 0 amide bonds. The summed E-state index contributed by atoms with van der Waals surface area (Å²) >= 11 is 5.34. The first-order valence-electron chi connectivity index (χ1n) is 4.51. The molecule has 0 heterocycles. The van der Waals surface area contributed by atoms with Crippen molar-refractivity contribution in [1.82, 2.24) is 0 Å². The summed E-state index contributed by atoms with van der Waals surface area (Å²) in [7, 11) is 0. The van der Waals surface area contributed by atoms with Crippen LogP contribution in [0.1, 0.15) is 26.7 Å². The number of aliphatic carboxylic acids is 1. The molecule has 4 nitrogen and oxygen atoms in total. The molecule has 0 rings (SSSR count). The zero-order chi connectivity index (χ0) is 11.2. The Balaban J connectivity index is 4.63. The van der Waals surface area contributed by atoms with Gasteiger partial charge in [-0.25, -0.2) is 0 Å². The molecule has 0 aliphatic rings. The maximum Gasteiger partial charge on any atom is 0.323 e. The second-order valence-corrected chi connectivity index (χ2v) is 3.30. The second kappa shape index (κ2) is 5.86. The summed E-state index contributed by atoms with van der Waals surface area (Å²) in [5.74, 6) is -1.66. The fourth-order valence-electron chi connectivity index (χ4n) is 1.20. The first-order chi connectivity index (χ1) is 6.55. The van der Waals surface area contributed by atoms with Gasteiger partial charge in [-0.3, -0.25) is 9.59 Å². The van der Waals surface area contributed by atoms with Crippen molar-refractivity contribution in [2.75, 3.05) is 12.5 Å². The van der Waals surface area contributed by atoms with Gasteiger partial charge in [-0.1, -0.05) is 13.8 Å². The molecule has 5 heteroatoms. The Kier molecular flexibility index (Phi) is 5.53. The van der Waals surface area contributed by atoms with Gasteiger partial charge in [-0.2, -0.15) is 0 Å². The first kappa shape index (κ1) is 13.2. The summed E-state index contributed by atoms with van der Waals surface area (Å²) in [5.41, 5.74) is -1.41. The zero-order valence-electron chi connectivity index (χ0n) is 8.38. The summed E-state index contributed by atoms with van der Waals surface area (Å²) in [6.45, 7) is 3.36. The lowest BCUT2D eigenvalue weighted by molar-refractivity contribution is -0.169. The fraction of sp³-hybridized carbons (Fsp3) is 0.778. The van der Waals surface area contributed by atoms with Crippen molar-refractivity contribution in [2.24, 2.45) is 5.41 Å². The van der Waals surface area contributed by atoms with Crippen LogP contribution in [0.15, 0.2) is 0 Å². The fourth-order valence-corrected chi connectivity index (χ4v) is 1.28. The van der Waals surface area contributed by atoms with Gasteiger partial charge in [0.15, 0.2) is 5.41 Å². The van der Waals surface area contributed by atoms with Crippen molar-refractivity contribution in [2.45, 2.75) is 26.7 Å². The molecule has 0 unspecified atom stereocenters. The van der Waals surface area contributed by atoms with Crippen LogP contribution in [0.25, 0.3) is 0 Å². The number of alkyl halides is 1. The summed E-state index contributed by atoms with van der Waals surface area (Å²) < 4.78 is 4.75. The maximum absolute atomic E-state index is 11.5. The minimum absolute atomic E-state index is 0.0510. The number of carbonyl (C=O) groups excluding carboxylic acids is 1. The molecule has 82 valence electrons. The number of carboxylic acids is 1. The zero-order valence-corrected chi connectivity index (χ0v) is 9.13. The lowest BCUT2D eigenvalue weighted by Crippen LogP contribution is -2.39. The van der Waals surface area contributed by atoms with E-state index in [1.807, 2.05) is 0 Å². The number of rotatable bonds is 6. The van der Waals surface area contributed by atoms with E-state index < -0.39 is 17.4 Å². The lowest BCUT2D eigenvalue weighted by atomic mass is 9.82. The standard InChI is InChI=1S/C9H15ClO4/c1-3-9(4-2,7(11)12)8(13)14-6-5-10/h3-6H2,1-2H3,(H,11,12). The quantitative estimate of drug-likeness (QED) is 0.422. The predicted octanol–water partition coefficient (Wildman–Crippen LogP) is 1.66. The molecule has 0 aliphatic heterocycles. The third-order valence-corrected chi connectivity index (χ3v) is 2.47. The molecule has 0 atom stereocenters. The van der Waals surface area contributed by atoms with Gasteiger partial charge in [0.2, 0.25) is 0 Å². The van der Waals surface area contributed by atoms with Gasteiger partial charge in [0.25, 0.3) is 0 Å². The topological polar surface area (TPSA) is 63.6 Å². The number of halogens is 1. The minimum Gasteiger partial charge on any atom is -0.480 e. The number of carboxylic acid groups (broad SMARTS) is 1. The van der Waals surface area contributed by atoms with Crippen molar-refractivity contribution in [1.29, 1.82) is 0 Å². The highest BCUT2D eigenvalue weighted by Gasteiger charge is 2.44. The third kappa shape index (κ3) is 2.61. The van der Waals surface area contributed by atoms with Crippen LogP contribution in [-0.4, -0.2) is 29.5 Å². The van der Waals surface area contributed by atoms with Crippen LogP contribution in [0.5, 0.6) is 0 Å². The van der Waals surface area contributed by atoms with E-state index in [2.05, 4.69) is 0 Å². The van der Waals surface area contributed by atoms with Gasteiger partial charge >= 0.3 is 11.9 Å². The number of carbonyl (C=O) groups is 2. The van der Waals surface area contributed by atoms with Crippen LogP contribution in [0.2, 0.25) is 0 Å². The van der Waals surface area contributed by atoms with Crippen molar-refractivity contribution >= 4 is 23.5 Å². The number of hydrogen-bond donors (Lipinski definition) is 1. The van der Waals surface area contributed by atoms with Crippen LogP contribution < -0.4 is 0 Å². The predicted molar refractivity (Wildman–Crippen MR) is 52.3 cm³/mol. The second-order valence-electron chi connectivity index (χ2n) is 2.92. The van der Waals surface area contributed by atoms with E-state index in [0.717, 1.165) is 0 Å². The molecule has 0 aromatic carbocycles. The highest BCUT2D eigenvalue weighted by molar-refractivity contribution is 6.18. The Morgan fingerprint density at radius 3 is 2.14 bits per heavy atom. The minimum atomic E-state index is -1.41. The van der Waals surface area contributed by atoms with Crippen LogP contribution in [0, 0.1) is 5.41 Å². The molecule has 0 fully saturated rings. The molecular formula is C9H15ClO4. The first-order valence-corrected chi connectivity index (χ1v) is 5.05. The third-order valence-electron chi connectivity index (χ3n) is 2.32. The summed E-state index contributed by atoms with van der Waals surface area (Å²) in [4.78, 5) is 22.4. The van der Waals surface area contributed by atoms with E-state index >= 15 is 0 Å². The molecule has 0 bridgehead atoms. The Bertz CT molecular complexity index is 211. The van der Waals surface area contributed by atoms with Crippen LogP contribution >= 0.6 is 11.6 Å². The normalized spacial score (nSPS) is 11.1. The van der Waals surface area contributed by atoms with Gasteiger partial charge in [0, 0.05) is 0 Å². The van der Waals surface area contributed by atoms with Crippen LogP contribution in [0.4, 0.5) is 0 Å². The number of ether oxygens (including phenoxy) is 1. The molecule has 0 radical (unpaired) electrons. The van der Waals surface area contributed by atoms with Gasteiger partial charge in [-0.05, 0) is 12.8 Å². The molecule has 0 saturated heterocycles. The maximum atomic E-state index is 11.5. The molecule has 14 heavy (non-hydrogen) atoms. The SMILES string of the molecule is CCC(CC)(C(=O)O)C(=O)OCCCl. The smallest absolute Gasteiger partial charge is 0.323 e. The van der Waals surface area contributed by atoms with E-state index in [0.29, 0.717) is 0 Å². The highest BCUT2D eigenvalue weighted by atomic mass is 35.5. The Labute approximate surface area is 88.2 Å². The van der Waals surface area contributed by atoms with Crippen molar-refractivity contribution in [3.05, 3.63) is 0 Å². The van der Waals surface area contributed by atoms with E-state index in [1.54, 1.807) is 13.8 Å². The van der Waals surface area contributed by atoms with Crippen molar-refractivity contribution < 1.29 is 19.4 Å². The Morgan fingerprint density at radius 2 is 1.86 bits per heavy atom. The summed E-state index contributed by atoms with van der Waals surface area (Å²) in [6.07, 6.45) is 0.444. The Hall–Kier alpha value is -0.770. The monoisotopic (exact) mass is 222 g/mol. The molecule has 0 aliphatic carbocycles. The largest absolute Gasteiger partial charge is 0.480 e. The molecule has 0 saturated carbocycles. The summed E-state index contributed by atoms with van der Waals surface area (Å²) in [6, 6.07) is 0. The van der Waals surface area contributed by atoms with Gasteiger partial charge < -0.3 is 9.84 Å². The van der Waals surface area contributed by atoms with Crippen molar-refractivity contribution in [3.63, 3.8) is 0 Å². The Morgan fingerprint density at radius 1 is 1.36 bits per heavy atom. The number of esters is 1. The van der Waals surface area contributed by atoms with Gasteiger partial charge in [-0.15, -0.1) is 11.6 Å². The van der Waals surface area contributed by atoms with E-state index in [4.69, 9.17) is 21.4 Å². The van der Waals surface area contributed by atoms with E-state index in [-0.39, 0.29) is 25.3 Å². The van der Waals surface area contributed by atoms with Gasteiger partial charge in [0.05, 0.1) is 5.88 Å². The molecule has 0 aromatic rings. The average molecular weight is 223 g/mol. The molecule has 1 N–H and O–H groups in total. The van der Waals surface area contributed by atoms with Crippen LogP contribution in [-0.2, 0) is 14.3 Å². The number of hydrogen-bond acceptors (Lipinski definition) is 3. The summed E-state index contributed by atoms with van der Waals surface area (Å²) in [5, 5.41) is 8.96. The van der Waals surface area contributed by atoms with Crippen molar-refractivity contribution in [3.8, 4) is 0 Å². The lowest BCUT2D eigenvalue weighted by Gasteiger charge is -2.23. The van der Waals surface area contributed by atoms with Crippen LogP contribution in [0.3, 0.4) is 0 Å². The molecule has 0 aromatic heterocycles. The molecular weight excluding hydrogens is 208 g/mol. The van der Waals surface area contributed by atoms with E-state index in [1.165, 1.54) is 0 Å². The molecule has 0 spiro atoms. The average Bonchev–Trinajstić information content (AvgIpc) is 2.17. The highest BCUT2D eigenvalue weighted by Crippen LogP contribution is 2.28. The van der Waals surface area contributed by atoms with Gasteiger partial charge in [0.1, 0.15) is 6.61 Å².